The number of nitrogens with zero attached hydrogens (tertiary/aromatic N) is 7. The number of hydrogen-bond acceptors (Lipinski definition) is 7. The molecule has 6 rings (SSSR count). The summed E-state index contributed by atoms with van der Waals surface area (Å²) in [5.41, 5.74) is 2.15. The van der Waals surface area contributed by atoms with Crippen molar-refractivity contribution in [2.75, 3.05) is 31.1 Å². The van der Waals surface area contributed by atoms with Crippen LogP contribution in [0.3, 0.4) is 0 Å². The van der Waals surface area contributed by atoms with Crippen LogP contribution < -0.4 is 4.90 Å². The van der Waals surface area contributed by atoms with Gasteiger partial charge in [0.25, 0.3) is 11.8 Å². The van der Waals surface area contributed by atoms with E-state index >= 15 is 0 Å². The van der Waals surface area contributed by atoms with Gasteiger partial charge in [-0.3, -0.25) is 9.36 Å². The summed E-state index contributed by atoms with van der Waals surface area (Å²) in [5, 5.41) is 4.77. The largest absolute Gasteiger partial charge is 0.367 e. The van der Waals surface area contributed by atoms with Crippen LogP contribution in [-0.2, 0) is 0 Å². The minimum Gasteiger partial charge on any atom is -0.367 e. The number of imidazole rings is 1. The van der Waals surface area contributed by atoms with Gasteiger partial charge in [0.15, 0.2) is 5.82 Å². The summed E-state index contributed by atoms with van der Waals surface area (Å²) in [6.07, 6.45) is 7.24. The highest BCUT2D eigenvalue weighted by molar-refractivity contribution is 6.33. The molecule has 1 aromatic carbocycles. The number of anilines is 1. The number of piperazine rings is 1. The van der Waals surface area contributed by atoms with Gasteiger partial charge in [-0.15, -0.1) is 0 Å². The third-order valence-electron chi connectivity index (χ3n) is 6.21. The number of amides is 1. The molecule has 4 aromatic rings. The maximum atomic E-state index is 13.0. The highest BCUT2D eigenvalue weighted by atomic mass is 35.5. The predicted octanol–water partition coefficient (Wildman–Crippen LogP) is 3.81. The van der Waals surface area contributed by atoms with Crippen molar-refractivity contribution in [3.8, 4) is 17.3 Å². The standard InChI is InChI=1S/C24H22ClN7O2/c25-18-3-1-2-4-20(18)30-9-11-31(12-10-30)24(33)19-14-32(15-27-19)21-8-7-17(13-26-21)23-28-22(29-34-23)16-5-6-16/h1-4,7-8,13-16H,5-6,9-12H2. The number of aromatic nitrogens is 5. The Morgan fingerprint density at radius 1 is 1.03 bits per heavy atom. The Kier molecular flexibility index (Phi) is 5.26. The van der Waals surface area contributed by atoms with Crippen LogP contribution in [0.1, 0.15) is 35.1 Å². The fourth-order valence-electron chi connectivity index (χ4n) is 4.10. The zero-order valence-electron chi connectivity index (χ0n) is 18.3. The van der Waals surface area contributed by atoms with E-state index in [-0.39, 0.29) is 5.91 Å². The molecule has 9 nitrogen and oxygen atoms in total. The lowest BCUT2D eigenvalue weighted by atomic mass is 10.2. The first-order chi connectivity index (χ1) is 16.7. The van der Waals surface area contributed by atoms with E-state index in [1.54, 1.807) is 23.3 Å². The number of hydrogen-bond donors (Lipinski definition) is 0. The molecule has 0 N–H and O–H groups in total. The van der Waals surface area contributed by atoms with Crippen LogP contribution in [0.2, 0.25) is 5.02 Å². The molecule has 3 aromatic heterocycles. The van der Waals surface area contributed by atoms with Gasteiger partial charge in [0, 0.05) is 44.5 Å². The maximum Gasteiger partial charge on any atom is 0.274 e. The highest BCUT2D eigenvalue weighted by Crippen LogP contribution is 2.38. The maximum absolute atomic E-state index is 13.0. The normalized spacial score (nSPS) is 16.1. The van der Waals surface area contributed by atoms with E-state index in [1.807, 2.05) is 41.3 Å². The summed E-state index contributed by atoms with van der Waals surface area (Å²) in [6, 6.07) is 11.5. The van der Waals surface area contributed by atoms with Gasteiger partial charge in [-0.1, -0.05) is 28.9 Å². The van der Waals surface area contributed by atoms with Crippen molar-refractivity contribution in [3.63, 3.8) is 0 Å². The lowest BCUT2D eigenvalue weighted by Gasteiger charge is -2.36. The fourth-order valence-corrected chi connectivity index (χ4v) is 4.36. The Morgan fingerprint density at radius 3 is 2.59 bits per heavy atom. The molecule has 0 spiro atoms. The number of carbonyl (C=O) groups excluding carboxylic acids is 1. The van der Waals surface area contributed by atoms with Gasteiger partial charge in [0.2, 0.25) is 0 Å². The van der Waals surface area contributed by atoms with E-state index in [9.17, 15) is 4.79 Å². The van der Waals surface area contributed by atoms with Gasteiger partial charge < -0.3 is 14.3 Å². The van der Waals surface area contributed by atoms with Gasteiger partial charge >= 0.3 is 0 Å². The van der Waals surface area contributed by atoms with Crippen LogP contribution in [0.25, 0.3) is 17.3 Å². The summed E-state index contributed by atoms with van der Waals surface area (Å²) < 4.78 is 7.10. The SMILES string of the molecule is O=C(c1cn(-c2ccc(-c3nc(C4CC4)no3)cn2)cn1)N1CCN(c2ccccc2Cl)CC1. The molecule has 0 radical (unpaired) electrons. The fraction of sp³-hybridized carbons (Fsp3) is 0.292. The highest BCUT2D eigenvalue weighted by Gasteiger charge is 2.29. The van der Waals surface area contributed by atoms with Crippen molar-refractivity contribution in [2.45, 2.75) is 18.8 Å². The molecule has 2 aliphatic rings. The van der Waals surface area contributed by atoms with E-state index in [0.29, 0.717) is 36.4 Å². The Labute approximate surface area is 201 Å². The molecule has 1 saturated carbocycles. The van der Waals surface area contributed by atoms with Crippen LogP contribution in [0.4, 0.5) is 5.69 Å². The Balaban J connectivity index is 1.11. The minimum absolute atomic E-state index is 0.0901. The van der Waals surface area contributed by atoms with E-state index in [1.165, 1.54) is 0 Å². The first-order valence-electron chi connectivity index (χ1n) is 11.3. The molecular weight excluding hydrogens is 454 g/mol. The minimum atomic E-state index is -0.0901. The second-order valence-corrected chi connectivity index (χ2v) is 8.94. The van der Waals surface area contributed by atoms with E-state index in [4.69, 9.17) is 16.1 Å². The van der Waals surface area contributed by atoms with Gasteiger partial charge in [-0.05, 0) is 37.1 Å². The number of carbonyl (C=O) groups is 1. The van der Waals surface area contributed by atoms with Crippen LogP contribution in [0, 0.1) is 0 Å². The smallest absolute Gasteiger partial charge is 0.274 e. The van der Waals surface area contributed by atoms with Crippen molar-refractivity contribution < 1.29 is 9.32 Å². The molecular formula is C24H22ClN7O2. The van der Waals surface area contributed by atoms with E-state index < -0.39 is 0 Å². The van der Waals surface area contributed by atoms with Crippen molar-refractivity contribution >= 4 is 23.2 Å². The van der Waals surface area contributed by atoms with Crippen LogP contribution in [0.5, 0.6) is 0 Å². The van der Waals surface area contributed by atoms with E-state index in [0.717, 1.165) is 48.0 Å². The van der Waals surface area contributed by atoms with Gasteiger partial charge in [0.1, 0.15) is 17.8 Å². The molecule has 0 bridgehead atoms. The molecule has 10 heteroatoms. The monoisotopic (exact) mass is 475 g/mol. The molecule has 172 valence electrons. The average Bonchev–Trinajstić information content (AvgIpc) is 3.40. The van der Waals surface area contributed by atoms with Crippen LogP contribution >= 0.6 is 11.6 Å². The topological polar surface area (TPSA) is 93.2 Å². The molecule has 1 amide bonds. The Bertz CT molecular complexity index is 1320. The van der Waals surface area contributed by atoms with Crippen molar-refractivity contribution in [2.24, 2.45) is 0 Å². The molecule has 0 atom stereocenters. The predicted molar refractivity (Wildman–Crippen MR) is 126 cm³/mol. The number of rotatable bonds is 5. The zero-order chi connectivity index (χ0) is 23.1. The van der Waals surface area contributed by atoms with Crippen LogP contribution in [0.15, 0.2) is 59.6 Å². The van der Waals surface area contributed by atoms with Gasteiger partial charge in [-0.25, -0.2) is 9.97 Å². The Hall–Kier alpha value is -3.72. The quantitative estimate of drug-likeness (QED) is 0.433. The van der Waals surface area contributed by atoms with Crippen LogP contribution in [-0.4, -0.2) is 61.7 Å². The second kappa shape index (κ2) is 8.57. The first kappa shape index (κ1) is 20.9. The van der Waals surface area contributed by atoms with Gasteiger partial charge in [-0.2, -0.15) is 4.98 Å². The zero-order valence-corrected chi connectivity index (χ0v) is 19.1. The summed E-state index contributed by atoms with van der Waals surface area (Å²) in [4.78, 5) is 30.3. The third kappa shape index (κ3) is 4.03. The van der Waals surface area contributed by atoms with Crippen molar-refractivity contribution in [1.29, 1.82) is 0 Å². The number of para-hydroxylation sites is 1. The summed E-state index contributed by atoms with van der Waals surface area (Å²) in [7, 11) is 0. The number of pyridine rings is 1. The summed E-state index contributed by atoms with van der Waals surface area (Å²) >= 11 is 6.32. The summed E-state index contributed by atoms with van der Waals surface area (Å²) in [5.74, 6) is 2.24. The van der Waals surface area contributed by atoms with Gasteiger partial charge in [0.05, 0.1) is 16.3 Å². The molecule has 2 fully saturated rings. The number of benzene rings is 1. The molecule has 1 saturated heterocycles. The molecule has 0 unspecified atom stereocenters. The molecule has 1 aliphatic carbocycles. The Morgan fingerprint density at radius 2 is 1.85 bits per heavy atom. The van der Waals surface area contributed by atoms with Crippen molar-refractivity contribution in [3.05, 3.63) is 71.7 Å². The number of halogens is 1. The third-order valence-corrected chi connectivity index (χ3v) is 6.52. The first-order valence-corrected chi connectivity index (χ1v) is 11.7. The lowest BCUT2D eigenvalue weighted by Crippen LogP contribution is -2.49. The van der Waals surface area contributed by atoms with E-state index in [2.05, 4.69) is 25.0 Å². The molecule has 1 aliphatic heterocycles. The van der Waals surface area contributed by atoms with Crippen molar-refractivity contribution in [1.82, 2.24) is 29.6 Å². The molecule has 34 heavy (non-hydrogen) atoms. The lowest BCUT2D eigenvalue weighted by molar-refractivity contribution is 0.0741. The second-order valence-electron chi connectivity index (χ2n) is 8.53. The molecule has 4 heterocycles. The summed E-state index contributed by atoms with van der Waals surface area (Å²) in [6.45, 7) is 2.66. The average molecular weight is 476 g/mol.